The van der Waals surface area contributed by atoms with Gasteiger partial charge in [-0.15, -0.1) is 6.58 Å². The van der Waals surface area contributed by atoms with E-state index in [4.69, 9.17) is 9.47 Å². The largest absolute Gasteiger partial charge is 0.464 e. The lowest BCUT2D eigenvalue weighted by Crippen LogP contribution is -2.42. The van der Waals surface area contributed by atoms with Crippen molar-refractivity contribution in [1.29, 1.82) is 0 Å². The summed E-state index contributed by atoms with van der Waals surface area (Å²) in [6.45, 7) is 11.0. The van der Waals surface area contributed by atoms with Gasteiger partial charge in [0.2, 0.25) is 0 Å². The quantitative estimate of drug-likeness (QED) is 0.115. The van der Waals surface area contributed by atoms with Crippen molar-refractivity contribution in [1.82, 2.24) is 5.32 Å². The zero-order valence-electron chi connectivity index (χ0n) is 20.6. The van der Waals surface area contributed by atoms with E-state index in [1.54, 1.807) is 6.08 Å². The maximum atomic E-state index is 12.3. The summed E-state index contributed by atoms with van der Waals surface area (Å²) in [6.07, 6.45) is 18.0. The van der Waals surface area contributed by atoms with Gasteiger partial charge in [0.1, 0.15) is 6.04 Å². The summed E-state index contributed by atoms with van der Waals surface area (Å²) in [5.41, 5.74) is 0. The van der Waals surface area contributed by atoms with Crippen LogP contribution in [0.25, 0.3) is 0 Å². The first-order valence-corrected chi connectivity index (χ1v) is 12.8. The van der Waals surface area contributed by atoms with Crippen LogP contribution in [0.15, 0.2) is 12.7 Å². The van der Waals surface area contributed by atoms with Crippen LogP contribution in [0, 0.1) is 5.92 Å². The van der Waals surface area contributed by atoms with Crippen molar-refractivity contribution < 1.29 is 19.1 Å². The Balaban J connectivity index is 3.97. The van der Waals surface area contributed by atoms with Crippen LogP contribution in [0.4, 0.5) is 4.79 Å². The number of nitrogens with one attached hydrogen (secondary N) is 1. The smallest absolute Gasteiger partial charge is 0.407 e. The van der Waals surface area contributed by atoms with Crippen molar-refractivity contribution in [2.45, 2.75) is 123 Å². The molecule has 0 fully saturated rings. The van der Waals surface area contributed by atoms with Gasteiger partial charge in [0.25, 0.3) is 0 Å². The highest BCUT2D eigenvalue weighted by Gasteiger charge is 2.22. The van der Waals surface area contributed by atoms with E-state index >= 15 is 0 Å². The second-order valence-corrected chi connectivity index (χ2v) is 8.59. The fraction of sp³-hybridized carbons (Fsp3) is 0.846. The Morgan fingerprint density at radius 3 is 1.97 bits per heavy atom. The van der Waals surface area contributed by atoms with Crippen molar-refractivity contribution in [2.24, 2.45) is 5.92 Å². The summed E-state index contributed by atoms with van der Waals surface area (Å²) < 4.78 is 10.7. The molecule has 0 saturated carbocycles. The second kappa shape index (κ2) is 21.7. The highest BCUT2D eigenvalue weighted by atomic mass is 16.6. The van der Waals surface area contributed by atoms with Gasteiger partial charge in [0.15, 0.2) is 0 Å². The molecule has 5 nitrogen and oxygen atoms in total. The summed E-state index contributed by atoms with van der Waals surface area (Å²) in [5, 5.41) is 2.64. The Labute approximate surface area is 191 Å². The van der Waals surface area contributed by atoms with Gasteiger partial charge in [-0.05, 0) is 25.2 Å². The molecule has 0 aromatic carbocycles. The van der Waals surface area contributed by atoms with E-state index in [-0.39, 0.29) is 0 Å². The maximum absolute atomic E-state index is 12.3. The molecule has 2 atom stereocenters. The van der Waals surface area contributed by atoms with Crippen molar-refractivity contribution >= 4 is 12.1 Å². The summed E-state index contributed by atoms with van der Waals surface area (Å²) >= 11 is 0. The fourth-order valence-electron chi connectivity index (χ4n) is 3.52. The minimum Gasteiger partial charge on any atom is -0.464 e. The Kier molecular flexibility index (Phi) is 20.6. The molecule has 0 saturated heterocycles. The topological polar surface area (TPSA) is 64.6 Å². The minimum atomic E-state index is -0.733. The highest BCUT2D eigenvalue weighted by Crippen LogP contribution is 2.13. The molecule has 0 aromatic rings. The van der Waals surface area contributed by atoms with Gasteiger partial charge in [0.05, 0.1) is 13.2 Å². The van der Waals surface area contributed by atoms with Gasteiger partial charge in [-0.3, -0.25) is 0 Å². The first-order chi connectivity index (χ1) is 15.1. The summed E-state index contributed by atoms with van der Waals surface area (Å²) in [4.78, 5) is 24.4. The Morgan fingerprint density at radius 2 is 1.42 bits per heavy atom. The molecule has 0 aliphatic rings. The molecule has 1 N–H and O–H groups in total. The molecule has 0 aromatic heterocycles. The molecule has 0 aliphatic carbocycles. The third-order valence-corrected chi connectivity index (χ3v) is 5.71. The average Bonchev–Trinajstić information content (AvgIpc) is 2.77. The van der Waals surface area contributed by atoms with Gasteiger partial charge in [-0.2, -0.15) is 0 Å². The van der Waals surface area contributed by atoms with Crippen LogP contribution in [0.3, 0.4) is 0 Å². The monoisotopic (exact) mass is 439 g/mol. The van der Waals surface area contributed by atoms with Crippen molar-refractivity contribution in [3.8, 4) is 0 Å². The molecule has 0 radical (unpaired) electrons. The van der Waals surface area contributed by atoms with E-state index in [1.165, 1.54) is 51.4 Å². The van der Waals surface area contributed by atoms with E-state index < -0.39 is 18.1 Å². The molecule has 0 heterocycles. The molecule has 2 unspecified atom stereocenters. The fourth-order valence-corrected chi connectivity index (χ4v) is 3.52. The molecule has 0 aliphatic heterocycles. The number of rotatable bonds is 21. The Morgan fingerprint density at radius 1 is 0.839 bits per heavy atom. The lowest BCUT2D eigenvalue weighted by Gasteiger charge is -2.18. The predicted molar refractivity (Wildman–Crippen MR) is 129 cm³/mol. The van der Waals surface area contributed by atoms with Gasteiger partial charge in [-0.25, -0.2) is 9.59 Å². The zero-order chi connectivity index (χ0) is 23.2. The number of unbranched alkanes of at least 4 members (excludes halogenated alkanes) is 10. The number of esters is 1. The third kappa shape index (κ3) is 17.8. The van der Waals surface area contributed by atoms with E-state index in [0.717, 1.165) is 38.5 Å². The second-order valence-electron chi connectivity index (χ2n) is 8.59. The molecule has 5 heteroatoms. The Bertz CT molecular complexity index is 453. The van der Waals surface area contributed by atoms with Gasteiger partial charge in [-0.1, -0.05) is 104 Å². The average molecular weight is 440 g/mol. The number of amides is 1. The van der Waals surface area contributed by atoms with Gasteiger partial charge in [0, 0.05) is 0 Å². The SMILES string of the molecule is C=CCC(NC(=O)OCC(CC)CCCC)C(=O)OCCCCCCCCCCCC. The minimum absolute atomic E-state index is 0.332. The van der Waals surface area contributed by atoms with E-state index in [1.807, 2.05) is 0 Å². The van der Waals surface area contributed by atoms with Crippen molar-refractivity contribution in [3.63, 3.8) is 0 Å². The summed E-state index contributed by atoms with van der Waals surface area (Å²) in [7, 11) is 0. The lowest BCUT2D eigenvalue weighted by atomic mass is 10.0. The van der Waals surface area contributed by atoms with Crippen LogP contribution in [0.2, 0.25) is 0 Å². The highest BCUT2D eigenvalue weighted by molar-refractivity contribution is 5.81. The van der Waals surface area contributed by atoms with E-state index in [0.29, 0.717) is 25.6 Å². The van der Waals surface area contributed by atoms with Crippen LogP contribution in [-0.4, -0.2) is 31.3 Å². The molecule has 1 amide bonds. The normalized spacial score (nSPS) is 12.7. The summed E-state index contributed by atoms with van der Waals surface area (Å²) in [5.74, 6) is -0.0438. The first kappa shape index (κ1) is 29.5. The van der Waals surface area contributed by atoms with E-state index in [9.17, 15) is 9.59 Å². The lowest BCUT2D eigenvalue weighted by molar-refractivity contribution is -0.146. The third-order valence-electron chi connectivity index (χ3n) is 5.71. The van der Waals surface area contributed by atoms with Crippen molar-refractivity contribution in [3.05, 3.63) is 12.7 Å². The van der Waals surface area contributed by atoms with Crippen LogP contribution in [0.5, 0.6) is 0 Å². The number of hydrogen-bond acceptors (Lipinski definition) is 4. The number of ether oxygens (including phenoxy) is 2. The van der Waals surface area contributed by atoms with Crippen LogP contribution in [0.1, 0.15) is 117 Å². The molecular weight excluding hydrogens is 390 g/mol. The Hall–Kier alpha value is -1.52. The van der Waals surface area contributed by atoms with Crippen LogP contribution < -0.4 is 5.32 Å². The molecule has 31 heavy (non-hydrogen) atoms. The zero-order valence-corrected chi connectivity index (χ0v) is 20.6. The molecule has 0 rings (SSSR count). The number of hydrogen-bond donors (Lipinski definition) is 1. The van der Waals surface area contributed by atoms with Crippen molar-refractivity contribution in [2.75, 3.05) is 13.2 Å². The standard InChI is InChI=1S/C26H49NO4/c1-5-9-11-12-13-14-15-16-17-18-21-30-25(28)24(19-7-3)27-26(29)31-22-23(8-4)20-10-6-2/h7,23-24H,3,5-6,8-22H2,1-2,4H3,(H,27,29). The predicted octanol–water partition coefficient (Wildman–Crippen LogP) is 7.34. The number of carbonyl (C=O) groups excluding carboxylic acids is 2. The molecular formula is C26H49NO4. The van der Waals surface area contributed by atoms with Gasteiger partial charge >= 0.3 is 12.1 Å². The molecule has 182 valence electrons. The van der Waals surface area contributed by atoms with E-state index in [2.05, 4.69) is 32.7 Å². The van der Waals surface area contributed by atoms with Crippen LogP contribution >= 0.6 is 0 Å². The molecule has 0 bridgehead atoms. The number of carbonyl (C=O) groups is 2. The first-order valence-electron chi connectivity index (χ1n) is 12.8. The molecule has 0 spiro atoms. The number of alkyl carbamates (subject to hydrolysis) is 1. The van der Waals surface area contributed by atoms with Gasteiger partial charge < -0.3 is 14.8 Å². The van der Waals surface area contributed by atoms with Crippen LogP contribution in [-0.2, 0) is 14.3 Å². The summed E-state index contributed by atoms with van der Waals surface area (Å²) in [6, 6.07) is -0.733. The maximum Gasteiger partial charge on any atom is 0.407 e.